The van der Waals surface area contributed by atoms with Crippen LogP contribution in [0.5, 0.6) is 0 Å². The molecule has 0 fully saturated rings. The number of pyridine rings is 2. The fraction of sp³-hybridized carbons (Fsp3) is 0.265. The largest absolute Gasteiger partial charge is 0.344 e. The lowest BCUT2D eigenvalue weighted by Gasteiger charge is -2.34. The quantitative estimate of drug-likeness (QED) is 0.172. The number of para-hydroxylation sites is 2. The van der Waals surface area contributed by atoms with E-state index in [1.54, 1.807) is 0 Å². The first-order valence-electron chi connectivity index (χ1n) is 18.7. The molecule has 2 aromatic heterocycles. The Morgan fingerprint density at radius 2 is 1.09 bits per heavy atom. The second kappa shape index (κ2) is 12.0. The van der Waals surface area contributed by atoms with Crippen LogP contribution in [0, 0.1) is 6.92 Å². The summed E-state index contributed by atoms with van der Waals surface area (Å²) in [4.78, 5) is 27.9. The van der Waals surface area contributed by atoms with Gasteiger partial charge in [-0.2, -0.15) is 0 Å². The van der Waals surface area contributed by atoms with Crippen LogP contribution in [-0.4, -0.2) is 9.13 Å². The maximum Gasteiger partial charge on any atom is 0.197 e. The van der Waals surface area contributed by atoms with Gasteiger partial charge < -0.3 is 9.13 Å². The van der Waals surface area contributed by atoms with Gasteiger partial charge >= 0.3 is 0 Å². The van der Waals surface area contributed by atoms with Crippen LogP contribution < -0.4 is 10.9 Å². The van der Waals surface area contributed by atoms with Gasteiger partial charge in [0.2, 0.25) is 0 Å². The molecule has 266 valence electrons. The highest BCUT2D eigenvalue weighted by Gasteiger charge is 2.45. The Morgan fingerprint density at radius 1 is 0.585 bits per heavy atom. The topological polar surface area (TPSA) is 44.0 Å². The minimum absolute atomic E-state index is 0.0494. The van der Waals surface area contributed by atoms with Crippen LogP contribution in [0.1, 0.15) is 87.0 Å². The third kappa shape index (κ3) is 5.25. The third-order valence-electron chi connectivity index (χ3n) is 11.9. The van der Waals surface area contributed by atoms with E-state index in [1.807, 2.05) is 69.6 Å². The standard InChI is InChI=1S/C49H48N2O2/c1-30-41(50(8)42-17-12-10-15-36(42)45(30)52)19-14-26-49(33-22-25-44-38(27-33)46(53)37-16-11-13-18-43(37)51(44)9)39-28-31(47(2,3)4)20-23-34(39)35-24-21-32(29-40(35)49)48(5,6)7/h10-25,27-29H,26H2,1-9H3/b19-14-. The molecule has 0 amide bonds. The molecule has 0 N–H and O–H groups in total. The summed E-state index contributed by atoms with van der Waals surface area (Å²) in [5.41, 5.74) is 12.3. The van der Waals surface area contributed by atoms with Crippen molar-refractivity contribution in [2.24, 2.45) is 14.1 Å². The Balaban J connectivity index is 1.45. The predicted octanol–water partition coefficient (Wildman–Crippen LogP) is 10.9. The van der Waals surface area contributed by atoms with E-state index in [1.165, 1.54) is 33.4 Å². The minimum Gasteiger partial charge on any atom is -0.344 e. The van der Waals surface area contributed by atoms with Crippen molar-refractivity contribution in [3.63, 3.8) is 0 Å². The molecule has 0 unspecified atom stereocenters. The molecule has 0 saturated heterocycles. The second-order valence-electron chi connectivity index (χ2n) is 17.1. The van der Waals surface area contributed by atoms with Crippen molar-refractivity contribution < 1.29 is 0 Å². The first-order valence-corrected chi connectivity index (χ1v) is 18.7. The van der Waals surface area contributed by atoms with Crippen molar-refractivity contribution in [1.29, 1.82) is 0 Å². The zero-order valence-corrected chi connectivity index (χ0v) is 32.4. The maximum atomic E-state index is 14.3. The fourth-order valence-corrected chi connectivity index (χ4v) is 8.74. The normalized spacial score (nSPS) is 14.1. The van der Waals surface area contributed by atoms with Gasteiger partial charge in [0.1, 0.15) is 0 Å². The summed E-state index contributed by atoms with van der Waals surface area (Å²) in [5.74, 6) is 0. The molecule has 4 nitrogen and oxygen atoms in total. The molecule has 1 aliphatic rings. The maximum absolute atomic E-state index is 14.3. The van der Waals surface area contributed by atoms with Gasteiger partial charge in [0.15, 0.2) is 10.9 Å². The Kier molecular flexibility index (Phi) is 7.85. The number of aryl methyl sites for hydroxylation is 2. The molecule has 2 heterocycles. The Bertz CT molecular complexity index is 2730. The van der Waals surface area contributed by atoms with Crippen LogP contribution in [0.25, 0.3) is 49.9 Å². The van der Waals surface area contributed by atoms with E-state index in [-0.39, 0.29) is 21.7 Å². The van der Waals surface area contributed by atoms with Crippen LogP contribution in [0.2, 0.25) is 0 Å². The zero-order chi connectivity index (χ0) is 37.6. The Labute approximate surface area is 312 Å². The monoisotopic (exact) mass is 696 g/mol. The molecular weight excluding hydrogens is 649 g/mol. The van der Waals surface area contributed by atoms with E-state index in [4.69, 9.17) is 0 Å². The van der Waals surface area contributed by atoms with Crippen LogP contribution in [-0.2, 0) is 30.3 Å². The highest BCUT2D eigenvalue weighted by molar-refractivity contribution is 5.95. The average Bonchev–Trinajstić information content (AvgIpc) is 3.42. The highest BCUT2D eigenvalue weighted by Crippen LogP contribution is 2.56. The minimum atomic E-state index is -0.613. The first-order chi connectivity index (χ1) is 25.1. The van der Waals surface area contributed by atoms with Gasteiger partial charge in [0, 0.05) is 46.9 Å². The van der Waals surface area contributed by atoms with E-state index in [0.717, 1.165) is 44.1 Å². The molecule has 4 heteroatoms. The van der Waals surface area contributed by atoms with Gasteiger partial charge in [-0.1, -0.05) is 114 Å². The fourth-order valence-electron chi connectivity index (χ4n) is 8.74. The third-order valence-corrected chi connectivity index (χ3v) is 11.9. The van der Waals surface area contributed by atoms with Crippen molar-refractivity contribution in [1.82, 2.24) is 9.13 Å². The average molecular weight is 697 g/mol. The number of aromatic nitrogens is 2. The number of hydrogen-bond acceptors (Lipinski definition) is 2. The zero-order valence-electron chi connectivity index (χ0n) is 32.4. The summed E-state index contributed by atoms with van der Waals surface area (Å²) in [6, 6.07) is 36.3. The lowest BCUT2D eigenvalue weighted by atomic mass is 9.68. The molecule has 8 rings (SSSR count). The van der Waals surface area contributed by atoms with Crippen molar-refractivity contribution in [2.45, 2.75) is 71.1 Å². The summed E-state index contributed by atoms with van der Waals surface area (Å²) in [5, 5.41) is 2.17. The van der Waals surface area contributed by atoms with Crippen LogP contribution >= 0.6 is 0 Å². The number of hydrogen-bond donors (Lipinski definition) is 0. The van der Waals surface area contributed by atoms with E-state index < -0.39 is 5.41 Å². The molecule has 0 radical (unpaired) electrons. The Morgan fingerprint density at radius 3 is 1.66 bits per heavy atom. The molecule has 1 aliphatic carbocycles. The van der Waals surface area contributed by atoms with Gasteiger partial charge in [-0.3, -0.25) is 9.59 Å². The number of allylic oxidation sites excluding steroid dienone is 1. The predicted molar refractivity (Wildman–Crippen MR) is 223 cm³/mol. The van der Waals surface area contributed by atoms with Gasteiger partial charge in [-0.05, 0) is 106 Å². The number of rotatable bonds is 4. The first kappa shape index (κ1) is 34.6. The molecule has 7 aromatic rings. The summed E-state index contributed by atoms with van der Waals surface area (Å²) >= 11 is 0. The van der Waals surface area contributed by atoms with Crippen molar-refractivity contribution in [3.8, 4) is 11.1 Å². The summed E-state index contributed by atoms with van der Waals surface area (Å²) in [6.45, 7) is 15.5. The molecule has 5 aromatic carbocycles. The number of benzene rings is 5. The molecule has 0 atom stereocenters. The second-order valence-corrected chi connectivity index (χ2v) is 17.1. The Hall–Kier alpha value is -5.48. The molecular formula is C49H48N2O2. The summed E-state index contributed by atoms with van der Waals surface area (Å²) < 4.78 is 4.27. The number of fused-ring (bicyclic) bond motifs is 6. The molecule has 0 spiro atoms. The van der Waals surface area contributed by atoms with E-state index in [9.17, 15) is 9.59 Å². The lowest BCUT2D eigenvalue weighted by Crippen LogP contribution is -2.28. The van der Waals surface area contributed by atoms with E-state index in [0.29, 0.717) is 11.8 Å². The number of nitrogens with zero attached hydrogens (tertiary/aromatic N) is 2. The van der Waals surface area contributed by atoms with Gasteiger partial charge in [0.25, 0.3) is 0 Å². The van der Waals surface area contributed by atoms with Gasteiger partial charge in [-0.25, -0.2) is 0 Å². The molecule has 0 saturated carbocycles. The van der Waals surface area contributed by atoms with Crippen LogP contribution in [0.15, 0.2) is 119 Å². The summed E-state index contributed by atoms with van der Waals surface area (Å²) in [7, 11) is 4.09. The van der Waals surface area contributed by atoms with E-state index in [2.05, 4.69) is 117 Å². The van der Waals surface area contributed by atoms with Crippen LogP contribution in [0.4, 0.5) is 0 Å². The van der Waals surface area contributed by atoms with Crippen molar-refractivity contribution >= 4 is 38.8 Å². The highest BCUT2D eigenvalue weighted by atomic mass is 16.1. The molecule has 0 bridgehead atoms. The molecule has 0 aliphatic heterocycles. The van der Waals surface area contributed by atoms with Gasteiger partial charge in [0.05, 0.1) is 16.6 Å². The summed E-state index contributed by atoms with van der Waals surface area (Å²) in [6.07, 6.45) is 5.02. The lowest BCUT2D eigenvalue weighted by molar-refractivity contribution is 0.579. The SMILES string of the molecule is Cc1c(/C=C\CC2(c3ccc4c(c3)c(=O)c3ccccc3n4C)c3cc(C(C)(C)C)ccc3-c3ccc(C(C)(C)C)cc32)n(C)c2ccccc2c1=O. The van der Waals surface area contributed by atoms with Gasteiger partial charge in [-0.15, -0.1) is 0 Å². The van der Waals surface area contributed by atoms with Crippen LogP contribution in [0.3, 0.4) is 0 Å². The molecule has 53 heavy (non-hydrogen) atoms. The smallest absolute Gasteiger partial charge is 0.197 e. The van der Waals surface area contributed by atoms with E-state index >= 15 is 0 Å². The van der Waals surface area contributed by atoms with Crippen molar-refractivity contribution in [3.05, 3.63) is 169 Å². The van der Waals surface area contributed by atoms with Crippen molar-refractivity contribution in [2.75, 3.05) is 0 Å².